The summed E-state index contributed by atoms with van der Waals surface area (Å²) in [6, 6.07) is 6.42. The fourth-order valence-corrected chi connectivity index (χ4v) is 5.04. The largest absolute Gasteiger partial charge is 0.497 e. The number of aromatic nitrogens is 1. The van der Waals surface area contributed by atoms with E-state index < -0.39 is 0 Å². The summed E-state index contributed by atoms with van der Waals surface area (Å²) in [5, 5.41) is 5.26. The first-order valence-electron chi connectivity index (χ1n) is 8.46. The molecule has 0 aliphatic carbocycles. The van der Waals surface area contributed by atoms with Crippen molar-refractivity contribution in [3.05, 3.63) is 29.5 Å². The van der Waals surface area contributed by atoms with Crippen LogP contribution in [0.1, 0.15) is 24.1 Å². The third kappa shape index (κ3) is 1.60. The van der Waals surface area contributed by atoms with Gasteiger partial charge in [0.2, 0.25) is 0 Å². The average Bonchev–Trinajstić information content (AvgIpc) is 2.95. The molecule has 1 atom stereocenters. The molecule has 0 unspecified atom stereocenters. The Kier molecular flexibility index (Phi) is 2.65. The zero-order valence-corrected chi connectivity index (χ0v) is 13.1. The first-order chi connectivity index (χ1) is 10.8. The lowest BCUT2D eigenvalue weighted by Gasteiger charge is -2.55. The van der Waals surface area contributed by atoms with Gasteiger partial charge < -0.3 is 19.9 Å². The number of hydrogen-bond acceptors (Lipinski definition) is 3. The van der Waals surface area contributed by atoms with Gasteiger partial charge in [-0.05, 0) is 62.0 Å². The summed E-state index contributed by atoms with van der Waals surface area (Å²) in [6.07, 6.45) is 3.76. The Labute approximate surface area is 130 Å². The number of nitrogens with one attached hydrogen (secondary N) is 2. The third-order valence-electron chi connectivity index (χ3n) is 6.13. The minimum atomic E-state index is 0.149. The summed E-state index contributed by atoms with van der Waals surface area (Å²) >= 11 is 0. The van der Waals surface area contributed by atoms with E-state index in [1.54, 1.807) is 7.11 Å². The molecule has 1 spiro atoms. The second-order valence-electron chi connectivity index (χ2n) is 7.09. The van der Waals surface area contributed by atoms with Crippen LogP contribution >= 0.6 is 0 Å². The van der Waals surface area contributed by atoms with E-state index in [9.17, 15) is 0 Å². The maximum absolute atomic E-state index is 5.43. The van der Waals surface area contributed by atoms with Gasteiger partial charge in [0.25, 0.3) is 0 Å². The lowest BCUT2D eigenvalue weighted by atomic mass is 9.68. The van der Waals surface area contributed by atoms with Crippen molar-refractivity contribution in [2.45, 2.75) is 24.8 Å². The molecule has 22 heavy (non-hydrogen) atoms. The topological polar surface area (TPSA) is 40.3 Å². The molecule has 4 nitrogen and oxygen atoms in total. The first-order valence-corrected chi connectivity index (χ1v) is 8.46. The normalized spacial score (nSPS) is 33.3. The predicted molar refractivity (Wildman–Crippen MR) is 87.4 cm³/mol. The quantitative estimate of drug-likeness (QED) is 0.848. The summed E-state index contributed by atoms with van der Waals surface area (Å²) in [4.78, 5) is 6.40. The van der Waals surface area contributed by atoms with Crippen LogP contribution in [0.3, 0.4) is 0 Å². The van der Waals surface area contributed by atoms with Gasteiger partial charge in [0.15, 0.2) is 0 Å². The molecule has 3 fully saturated rings. The van der Waals surface area contributed by atoms with Crippen molar-refractivity contribution < 1.29 is 4.74 Å². The molecule has 0 saturated carbocycles. The molecule has 1 aromatic heterocycles. The highest BCUT2D eigenvalue weighted by molar-refractivity contribution is 5.87. The molecule has 2 N–H and O–H groups in total. The Hall–Kier alpha value is -1.52. The monoisotopic (exact) mass is 297 g/mol. The summed E-state index contributed by atoms with van der Waals surface area (Å²) in [5.41, 5.74) is 4.37. The summed E-state index contributed by atoms with van der Waals surface area (Å²) in [7, 11) is 1.75. The van der Waals surface area contributed by atoms with Crippen LogP contribution in [0.25, 0.3) is 10.9 Å². The number of H-pyrrole nitrogens is 1. The van der Waals surface area contributed by atoms with Gasteiger partial charge in [-0.3, -0.25) is 0 Å². The van der Waals surface area contributed by atoms with Crippen molar-refractivity contribution in [1.29, 1.82) is 0 Å². The molecule has 4 aliphatic rings. The van der Waals surface area contributed by atoms with Crippen molar-refractivity contribution in [3.63, 3.8) is 0 Å². The van der Waals surface area contributed by atoms with E-state index in [1.807, 2.05) is 0 Å². The fourth-order valence-electron chi connectivity index (χ4n) is 5.04. The molecule has 0 amide bonds. The van der Waals surface area contributed by atoms with Crippen LogP contribution in [0.2, 0.25) is 0 Å². The van der Waals surface area contributed by atoms with Crippen molar-refractivity contribution in [2.24, 2.45) is 5.92 Å². The van der Waals surface area contributed by atoms with E-state index in [1.165, 1.54) is 48.1 Å². The number of piperidine rings is 3. The Morgan fingerprint density at radius 2 is 2.14 bits per heavy atom. The fraction of sp³-hybridized carbons (Fsp3) is 0.556. The number of rotatable bonds is 1. The lowest BCUT2D eigenvalue weighted by molar-refractivity contribution is -0.00234. The van der Waals surface area contributed by atoms with Crippen LogP contribution in [-0.4, -0.2) is 43.2 Å². The van der Waals surface area contributed by atoms with Crippen molar-refractivity contribution in [1.82, 2.24) is 15.2 Å². The number of fused-ring (bicyclic) bond motifs is 5. The molecule has 116 valence electrons. The maximum atomic E-state index is 5.43. The first kappa shape index (κ1) is 13.0. The molecule has 0 radical (unpaired) electrons. The number of aromatic amines is 1. The highest BCUT2D eigenvalue weighted by atomic mass is 16.5. The number of benzene rings is 1. The molecule has 5 heterocycles. The van der Waals surface area contributed by atoms with E-state index in [0.717, 1.165) is 31.2 Å². The van der Waals surface area contributed by atoms with Crippen LogP contribution in [0.15, 0.2) is 18.2 Å². The molecule has 2 bridgehead atoms. The van der Waals surface area contributed by atoms with Crippen molar-refractivity contribution >= 4 is 10.9 Å². The number of nitrogens with zero attached hydrogens (tertiary/aromatic N) is 1. The van der Waals surface area contributed by atoms with Gasteiger partial charge in [0, 0.05) is 29.7 Å². The molecule has 6 rings (SSSR count). The van der Waals surface area contributed by atoms with Gasteiger partial charge in [-0.1, -0.05) is 0 Å². The number of ether oxygens (including phenoxy) is 1. The molecule has 4 aliphatic heterocycles. The zero-order valence-electron chi connectivity index (χ0n) is 13.1. The van der Waals surface area contributed by atoms with E-state index >= 15 is 0 Å². The lowest BCUT2D eigenvalue weighted by Crippen LogP contribution is -2.65. The Bertz CT molecular complexity index is 729. The molecule has 2 aromatic rings. The van der Waals surface area contributed by atoms with E-state index in [2.05, 4.69) is 33.4 Å². The van der Waals surface area contributed by atoms with Gasteiger partial charge in [0.05, 0.1) is 12.6 Å². The van der Waals surface area contributed by atoms with Crippen LogP contribution in [-0.2, 0) is 12.0 Å². The Balaban J connectivity index is 1.71. The van der Waals surface area contributed by atoms with Crippen molar-refractivity contribution in [2.75, 3.05) is 33.3 Å². The minimum absolute atomic E-state index is 0.149. The molecule has 3 saturated heterocycles. The maximum Gasteiger partial charge on any atom is 0.119 e. The van der Waals surface area contributed by atoms with E-state index in [4.69, 9.17) is 4.74 Å². The van der Waals surface area contributed by atoms with Gasteiger partial charge in [0.1, 0.15) is 5.75 Å². The smallest absolute Gasteiger partial charge is 0.119 e. The Morgan fingerprint density at radius 3 is 2.86 bits per heavy atom. The highest BCUT2D eigenvalue weighted by Crippen LogP contribution is 2.46. The summed E-state index contributed by atoms with van der Waals surface area (Å²) in [6.45, 7) is 4.80. The molecular weight excluding hydrogens is 274 g/mol. The highest BCUT2D eigenvalue weighted by Gasteiger charge is 2.50. The average molecular weight is 297 g/mol. The second kappa shape index (κ2) is 4.49. The minimum Gasteiger partial charge on any atom is -0.497 e. The number of hydrogen-bond donors (Lipinski definition) is 2. The van der Waals surface area contributed by atoms with Crippen LogP contribution < -0.4 is 10.1 Å². The number of methoxy groups -OCH3 is 1. The van der Waals surface area contributed by atoms with Gasteiger partial charge in [-0.2, -0.15) is 0 Å². The van der Waals surface area contributed by atoms with Gasteiger partial charge in [-0.25, -0.2) is 0 Å². The Morgan fingerprint density at radius 1 is 1.27 bits per heavy atom. The molecule has 4 heteroatoms. The van der Waals surface area contributed by atoms with Crippen LogP contribution in [0, 0.1) is 5.92 Å². The predicted octanol–water partition coefficient (Wildman–Crippen LogP) is 2.24. The summed E-state index contributed by atoms with van der Waals surface area (Å²) in [5.74, 6) is 1.72. The standard InChI is InChI=1S/C18H23N3O/c1-22-13-2-3-16-15(10-13)14-4-7-19-18(17(14)20-16)11-21-8-5-12(18)6-9-21/h2-3,10,12,19-20H,4-9,11H2,1H3/t18-/m1/s1. The van der Waals surface area contributed by atoms with E-state index in [0.29, 0.717) is 0 Å². The van der Waals surface area contributed by atoms with E-state index in [-0.39, 0.29) is 5.54 Å². The third-order valence-corrected chi connectivity index (χ3v) is 6.13. The molecule has 1 aromatic carbocycles. The van der Waals surface area contributed by atoms with Gasteiger partial charge in [-0.15, -0.1) is 0 Å². The van der Waals surface area contributed by atoms with Gasteiger partial charge >= 0.3 is 0 Å². The molecular formula is C18H23N3O. The summed E-state index contributed by atoms with van der Waals surface area (Å²) < 4.78 is 5.43. The second-order valence-corrected chi connectivity index (χ2v) is 7.09. The van der Waals surface area contributed by atoms with Crippen LogP contribution in [0.5, 0.6) is 5.75 Å². The zero-order chi connectivity index (χ0) is 14.7. The van der Waals surface area contributed by atoms with Crippen LogP contribution in [0.4, 0.5) is 0 Å². The van der Waals surface area contributed by atoms with Crippen molar-refractivity contribution in [3.8, 4) is 5.75 Å². The SMILES string of the molecule is COc1ccc2[nH]c3c(c2c1)CCN[C@@]31CN2CCC1CC2.